The SMILES string of the molecule is COCCN1CCN(C(=O)NCc2nc(C3CCCO3)n[nH]2)CC1C. The fourth-order valence-corrected chi connectivity index (χ4v) is 3.31. The molecule has 9 heteroatoms. The van der Waals surface area contributed by atoms with Crippen molar-refractivity contribution in [1.29, 1.82) is 0 Å². The summed E-state index contributed by atoms with van der Waals surface area (Å²) in [5.41, 5.74) is 0. The molecule has 2 aliphatic heterocycles. The molecule has 0 aliphatic carbocycles. The fraction of sp³-hybridized carbons (Fsp3) is 0.812. The Bertz CT molecular complexity index is 560. The maximum atomic E-state index is 12.4. The van der Waals surface area contributed by atoms with Crippen molar-refractivity contribution in [2.24, 2.45) is 0 Å². The van der Waals surface area contributed by atoms with Crippen LogP contribution in [0.4, 0.5) is 4.79 Å². The average molecular weight is 352 g/mol. The maximum absolute atomic E-state index is 12.4. The second kappa shape index (κ2) is 8.59. The van der Waals surface area contributed by atoms with Crippen LogP contribution in [0.25, 0.3) is 0 Å². The number of carbonyl (C=O) groups excluding carboxylic acids is 1. The highest BCUT2D eigenvalue weighted by atomic mass is 16.5. The van der Waals surface area contributed by atoms with Crippen molar-refractivity contribution >= 4 is 6.03 Å². The maximum Gasteiger partial charge on any atom is 0.317 e. The number of hydrogen-bond donors (Lipinski definition) is 2. The van der Waals surface area contributed by atoms with Crippen LogP contribution in [0.2, 0.25) is 0 Å². The predicted molar refractivity (Wildman–Crippen MR) is 91.0 cm³/mol. The van der Waals surface area contributed by atoms with Crippen LogP contribution in [0.15, 0.2) is 0 Å². The van der Waals surface area contributed by atoms with Gasteiger partial charge in [0.2, 0.25) is 0 Å². The van der Waals surface area contributed by atoms with Crippen LogP contribution >= 0.6 is 0 Å². The molecule has 0 saturated carbocycles. The zero-order valence-electron chi connectivity index (χ0n) is 15.0. The van der Waals surface area contributed by atoms with E-state index in [1.807, 2.05) is 4.90 Å². The summed E-state index contributed by atoms with van der Waals surface area (Å²) in [5, 5.41) is 10.00. The van der Waals surface area contributed by atoms with Crippen LogP contribution in [-0.4, -0.2) is 83.6 Å². The Balaban J connectivity index is 1.43. The van der Waals surface area contributed by atoms with Crippen LogP contribution in [0.5, 0.6) is 0 Å². The average Bonchev–Trinajstić information content (AvgIpc) is 3.29. The highest BCUT2D eigenvalue weighted by Crippen LogP contribution is 2.25. The number of nitrogens with zero attached hydrogens (tertiary/aromatic N) is 4. The van der Waals surface area contributed by atoms with Crippen molar-refractivity contribution in [1.82, 2.24) is 30.3 Å². The van der Waals surface area contributed by atoms with Crippen molar-refractivity contribution in [3.8, 4) is 0 Å². The zero-order chi connectivity index (χ0) is 17.6. The van der Waals surface area contributed by atoms with Gasteiger partial charge in [-0.25, -0.2) is 9.78 Å². The number of piperazine rings is 1. The number of aromatic nitrogens is 3. The van der Waals surface area contributed by atoms with E-state index in [2.05, 4.69) is 32.3 Å². The molecule has 0 spiro atoms. The number of urea groups is 1. The van der Waals surface area contributed by atoms with Crippen LogP contribution < -0.4 is 5.32 Å². The minimum atomic E-state index is -0.0618. The molecule has 0 bridgehead atoms. The monoisotopic (exact) mass is 352 g/mol. The zero-order valence-corrected chi connectivity index (χ0v) is 15.0. The van der Waals surface area contributed by atoms with Crippen molar-refractivity contribution in [3.63, 3.8) is 0 Å². The van der Waals surface area contributed by atoms with E-state index in [0.717, 1.165) is 45.7 Å². The molecule has 1 aromatic heterocycles. The standard InChI is InChI=1S/C16H28N6O3/c1-12-11-22(6-5-21(12)7-9-24-2)16(23)17-10-14-18-15(20-19-14)13-4-3-8-25-13/h12-13H,3-11H2,1-2H3,(H,17,23)(H,18,19,20). The first-order chi connectivity index (χ1) is 12.2. The van der Waals surface area contributed by atoms with E-state index < -0.39 is 0 Å². The van der Waals surface area contributed by atoms with Gasteiger partial charge in [0.15, 0.2) is 5.82 Å². The molecule has 2 unspecified atom stereocenters. The lowest BCUT2D eigenvalue weighted by atomic mass is 10.2. The fourth-order valence-electron chi connectivity index (χ4n) is 3.31. The molecule has 3 heterocycles. The first kappa shape index (κ1) is 18.1. The van der Waals surface area contributed by atoms with Gasteiger partial charge in [0.05, 0.1) is 13.2 Å². The van der Waals surface area contributed by atoms with Gasteiger partial charge in [0, 0.05) is 45.9 Å². The minimum absolute atomic E-state index is 0.0123. The Morgan fingerprint density at radius 1 is 1.48 bits per heavy atom. The molecule has 2 N–H and O–H groups in total. The molecule has 2 fully saturated rings. The third kappa shape index (κ3) is 4.68. The molecular formula is C16H28N6O3. The summed E-state index contributed by atoms with van der Waals surface area (Å²) in [7, 11) is 1.71. The normalized spacial score (nSPS) is 24.6. The summed E-state index contributed by atoms with van der Waals surface area (Å²) >= 11 is 0. The van der Waals surface area contributed by atoms with Crippen molar-refractivity contribution < 1.29 is 14.3 Å². The van der Waals surface area contributed by atoms with Gasteiger partial charge in [-0.3, -0.25) is 10.00 Å². The van der Waals surface area contributed by atoms with Gasteiger partial charge in [-0.15, -0.1) is 0 Å². The quantitative estimate of drug-likeness (QED) is 0.775. The smallest absolute Gasteiger partial charge is 0.317 e. The lowest BCUT2D eigenvalue weighted by Gasteiger charge is -2.39. The number of hydrogen-bond acceptors (Lipinski definition) is 6. The molecule has 0 aromatic carbocycles. The lowest BCUT2D eigenvalue weighted by Crippen LogP contribution is -2.56. The number of amides is 2. The number of H-pyrrole nitrogens is 1. The molecule has 2 amide bonds. The van der Waals surface area contributed by atoms with Gasteiger partial charge >= 0.3 is 6.03 Å². The highest BCUT2D eigenvalue weighted by Gasteiger charge is 2.26. The number of rotatable bonds is 6. The van der Waals surface area contributed by atoms with Gasteiger partial charge < -0.3 is 19.7 Å². The van der Waals surface area contributed by atoms with Crippen LogP contribution in [0.1, 0.15) is 37.5 Å². The summed E-state index contributed by atoms with van der Waals surface area (Å²) in [4.78, 5) is 21.0. The Hall–Kier alpha value is -1.71. The molecule has 0 radical (unpaired) electrons. The van der Waals surface area contributed by atoms with E-state index >= 15 is 0 Å². The Morgan fingerprint density at radius 2 is 2.36 bits per heavy atom. The largest absolute Gasteiger partial charge is 0.383 e. The topological polar surface area (TPSA) is 95.6 Å². The summed E-state index contributed by atoms with van der Waals surface area (Å²) in [6, 6.07) is 0.263. The summed E-state index contributed by atoms with van der Waals surface area (Å²) in [6.07, 6.45) is 1.98. The summed E-state index contributed by atoms with van der Waals surface area (Å²) < 4.78 is 10.7. The Labute approximate surface area is 148 Å². The highest BCUT2D eigenvalue weighted by molar-refractivity contribution is 5.74. The van der Waals surface area contributed by atoms with Gasteiger partial charge in [0.25, 0.3) is 0 Å². The molecule has 2 atom stereocenters. The van der Waals surface area contributed by atoms with Gasteiger partial charge in [-0.05, 0) is 19.8 Å². The van der Waals surface area contributed by atoms with Crippen LogP contribution in [0, 0.1) is 0 Å². The van der Waals surface area contributed by atoms with E-state index in [-0.39, 0.29) is 12.1 Å². The summed E-state index contributed by atoms with van der Waals surface area (Å²) in [5.74, 6) is 1.34. The van der Waals surface area contributed by atoms with Crippen molar-refractivity contribution in [2.45, 2.75) is 38.5 Å². The predicted octanol–water partition coefficient (Wildman–Crippen LogP) is 0.518. The lowest BCUT2D eigenvalue weighted by molar-refractivity contribution is 0.0711. The van der Waals surface area contributed by atoms with E-state index in [0.29, 0.717) is 30.8 Å². The first-order valence-electron chi connectivity index (χ1n) is 8.96. The number of methoxy groups -OCH3 is 1. The number of nitrogens with one attached hydrogen (secondary N) is 2. The van der Waals surface area contributed by atoms with Crippen molar-refractivity contribution in [3.05, 3.63) is 11.6 Å². The first-order valence-corrected chi connectivity index (χ1v) is 8.96. The van der Waals surface area contributed by atoms with E-state index in [1.165, 1.54) is 0 Å². The van der Waals surface area contributed by atoms with E-state index in [1.54, 1.807) is 7.11 Å². The Morgan fingerprint density at radius 3 is 3.08 bits per heavy atom. The second-order valence-corrected chi connectivity index (χ2v) is 6.62. The van der Waals surface area contributed by atoms with Crippen LogP contribution in [-0.2, 0) is 16.0 Å². The molecule has 2 saturated heterocycles. The minimum Gasteiger partial charge on any atom is -0.383 e. The molecular weight excluding hydrogens is 324 g/mol. The number of aromatic amines is 1. The van der Waals surface area contributed by atoms with Gasteiger partial charge in [-0.1, -0.05) is 0 Å². The van der Waals surface area contributed by atoms with Crippen LogP contribution in [0.3, 0.4) is 0 Å². The summed E-state index contributed by atoms with van der Waals surface area (Å²) in [6.45, 7) is 7.16. The Kier molecular flexibility index (Phi) is 6.22. The number of carbonyl (C=O) groups is 1. The molecule has 140 valence electrons. The molecule has 9 nitrogen and oxygen atoms in total. The molecule has 1 aromatic rings. The third-order valence-corrected chi connectivity index (χ3v) is 4.81. The van der Waals surface area contributed by atoms with Gasteiger partial charge in [0.1, 0.15) is 11.9 Å². The van der Waals surface area contributed by atoms with E-state index in [4.69, 9.17) is 9.47 Å². The second-order valence-electron chi connectivity index (χ2n) is 6.62. The molecule has 2 aliphatic rings. The third-order valence-electron chi connectivity index (χ3n) is 4.81. The van der Waals surface area contributed by atoms with E-state index in [9.17, 15) is 4.79 Å². The van der Waals surface area contributed by atoms with Gasteiger partial charge in [-0.2, -0.15) is 5.10 Å². The van der Waals surface area contributed by atoms with Crippen molar-refractivity contribution in [2.75, 3.05) is 46.5 Å². The molecule has 3 rings (SSSR count). The molecule has 25 heavy (non-hydrogen) atoms. The number of ether oxygens (including phenoxy) is 2.